The summed E-state index contributed by atoms with van der Waals surface area (Å²) in [6.07, 6.45) is 0. The highest BCUT2D eigenvalue weighted by atomic mass is 15.6. The first-order chi connectivity index (χ1) is 7.09. The molecule has 2 nitrogen and oxygen atoms in total. The molecule has 1 rings (SSSR count). The third-order valence-electron chi connectivity index (χ3n) is 2.35. The van der Waals surface area contributed by atoms with Gasteiger partial charge in [0.2, 0.25) is 0 Å². The van der Waals surface area contributed by atoms with Gasteiger partial charge in [0.05, 0.1) is 0 Å². The Morgan fingerprint density at radius 2 is 1.67 bits per heavy atom. The standard InChI is InChI=1S/C13H22N2/c1-12(2)10-15(14(3)4)11-13-8-6-5-7-9-13/h5-9,12H,10-11H2,1-4H3. The van der Waals surface area contributed by atoms with Crippen molar-refractivity contribution in [1.29, 1.82) is 0 Å². The molecule has 0 spiro atoms. The molecule has 2 heteroatoms. The van der Waals surface area contributed by atoms with Crippen LogP contribution in [0.25, 0.3) is 0 Å². The van der Waals surface area contributed by atoms with E-state index in [-0.39, 0.29) is 0 Å². The summed E-state index contributed by atoms with van der Waals surface area (Å²) in [6, 6.07) is 10.6. The summed E-state index contributed by atoms with van der Waals surface area (Å²) in [5, 5.41) is 4.53. The molecular weight excluding hydrogens is 184 g/mol. The van der Waals surface area contributed by atoms with Crippen LogP contribution in [0.15, 0.2) is 30.3 Å². The van der Waals surface area contributed by atoms with Crippen molar-refractivity contribution in [2.45, 2.75) is 20.4 Å². The van der Waals surface area contributed by atoms with Crippen LogP contribution >= 0.6 is 0 Å². The molecule has 0 N–H and O–H groups in total. The second kappa shape index (κ2) is 5.89. The van der Waals surface area contributed by atoms with Crippen LogP contribution in [0.1, 0.15) is 19.4 Å². The average molecular weight is 206 g/mol. The molecule has 1 aromatic rings. The lowest BCUT2D eigenvalue weighted by Crippen LogP contribution is -2.38. The number of hydrazine groups is 1. The van der Waals surface area contributed by atoms with Gasteiger partial charge in [-0.05, 0) is 11.5 Å². The van der Waals surface area contributed by atoms with Crippen LogP contribution in [-0.4, -0.2) is 30.7 Å². The fourth-order valence-electron chi connectivity index (χ4n) is 1.58. The molecule has 15 heavy (non-hydrogen) atoms. The highest BCUT2D eigenvalue weighted by Crippen LogP contribution is 2.07. The predicted octanol–water partition coefficient (Wildman–Crippen LogP) is 2.62. The van der Waals surface area contributed by atoms with Crippen LogP contribution in [0.3, 0.4) is 0 Å². The summed E-state index contributed by atoms with van der Waals surface area (Å²) in [6.45, 7) is 6.59. The van der Waals surface area contributed by atoms with Crippen LogP contribution in [0.4, 0.5) is 0 Å². The van der Waals surface area contributed by atoms with Gasteiger partial charge in [-0.2, -0.15) is 0 Å². The number of hydrogen-bond acceptors (Lipinski definition) is 2. The van der Waals surface area contributed by atoms with Crippen molar-refractivity contribution in [1.82, 2.24) is 10.0 Å². The molecule has 0 amide bonds. The number of nitrogens with zero attached hydrogens (tertiary/aromatic N) is 2. The molecule has 0 aliphatic rings. The van der Waals surface area contributed by atoms with Crippen molar-refractivity contribution in [3.05, 3.63) is 35.9 Å². The van der Waals surface area contributed by atoms with E-state index in [0.717, 1.165) is 13.1 Å². The van der Waals surface area contributed by atoms with E-state index in [9.17, 15) is 0 Å². The first-order valence-corrected chi connectivity index (χ1v) is 5.55. The van der Waals surface area contributed by atoms with Crippen LogP contribution < -0.4 is 0 Å². The summed E-state index contributed by atoms with van der Waals surface area (Å²) in [5.41, 5.74) is 1.37. The van der Waals surface area contributed by atoms with Crippen LogP contribution in [-0.2, 0) is 6.54 Å². The van der Waals surface area contributed by atoms with E-state index < -0.39 is 0 Å². The lowest BCUT2D eigenvalue weighted by Gasteiger charge is -2.30. The van der Waals surface area contributed by atoms with E-state index >= 15 is 0 Å². The zero-order valence-corrected chi connectivity index (χ0v) is 10.3. The first kappa shape index (κ1) is 12.2. The Hall–Kier alpha value is -0.860. The van der Waals surface area contributed by atoms with Crippen LogP contribution in [0.2, 0.25) is 0 Å². The van der Waals surface area contributed by atoms with Gasteiger partial charge in [-0.1, -0.05) is 44.2 Å². The van der Waals surface area contributed by atoms with E-state index in [1.54, 1.807) is 0 Å². The van der Waals surface area contributed by atoms with Crippen molar-refractivity contribution in [3.8, 4) is 0 Å². The third-order valence-corrected chi connectivity index (χ3v) is 2.35. The molecule has 0 fully saturated rings. The quantitative estimate of drug-likeness (QED) is 0.683. The summed E-state index contributed by atoms with van der Waals surface area (Å²) in [4.78, 5) is 0. The fraction of sp³-hybridized carbons (Fsp3) is 0.538. The normalized spacial score (nSPS) is 11.7. The molecule has 0 saturated carbocycles. The minimum Gasteiger partial charge on any atom is -0.248 e. The maximum absolute atomic E-state index is 2.36. The van der Waals surface area contributed by atoms with E-state index in [1.165, 1.54) is 5.56 Å². The molecule has 0 heterocycles. The molecule has 0 aromatic heterocycles. The largest absolute Gasteiger partial charge is 0.248 e. The van der Waals surface area contributed by atoms with Gasteiger partial charge in [0.25, 0.3) is 0 Å². The lowest BCUT2D eigenvalue weighted by molar-refractivity contribution is 0.00527. The topological polar surface area (TPSA) is 6.48 Å². The Labute approximate surface area is 93.5 Å². The van der Waals surface area contributed by atoms with E-state index in [0.29, 0.717) is 5.92 Å². The molecule has 1 aromatic carbocycles. The Balaban J connectivity index is 2.59. The monoisotopic (exact) mass is 206 g/mol. The zero-order chi connectivity index (χ0) is 11.3. The van der Waals surface area contributed by atoms with E-state index in [1.807, 2.05) is 0 Å². The smallest absolute Gasteiger partial charge is 0.0384 e. The molecule has 0 aliphatic carbocycles. The molecular formula is C13H22N2. The van der Waals surface area contributed by atoms with Gasteiger partial charge in [0.15, 0.2) is 0 Å². The fourth-order valence-corrected chi connectivity index (χ4v) is 1.58. The SMILES string of the molecule is CC(C)CN(Cc1ccccc1)N(C)C. The van der Waals surface area contributed by atoms with Crippen molar-refractivity contribution < 1.29 is 0 Å². The van der Waals surface area contributed by atoms with Gasteiger partial charge >= 0.3 is 0 Å². The highest BCUT2D eigenvalue weighted by molar-refractivity contribution is 5.14. The summed E-state index contributed by atoms with van der Waals surface area (Å²) < 4.78 is 0. The van der Waals surface area contributed by atoms with E-state index in [4.69, 9.17) is 0 Å². The third kappa shape index (κ3) is 4.45. The summed E-state index contributed by atoms with van der Waals surface area (Å²) in [7, 11) is 4.20. The van der Waals surface area contributed by atoms with Crippen LogP contribution in [0, 0.1) is 5.92 Å². The van der Waals surface area contributed by atoms with Gasteiger partial charge in [0, 0.05) is 27.2 Å². The minimum atomic E-state index is 0.691. The predicted molar refractivity (Wildman–Crippen MR) is 65.4 cm³/mol. The zero-order valence-electron chi connectivity index (χ0n) is 10.3. The van der Waals surface area contributed by atoms with Gasteiger partial charge in [-0.25, -0.2) is 10.0 Å². The Bertz CT molecular complexity index is 267. The molecule has 0 radical (unpaired) electrons. The Morgan fingerprint density at radius 3 is 2.13 bits per heavy atom. The number of benzene rings is 1. The van der Waals surface area contributed by atoms with E-state index in [2.05, 4.69) is 68.3 Å². The second-order valence-electron chi connectivity index (χ2n) is 4.57. The molecule has 0 aliphatic heterocycles. The molecule has 0 atom stereocenters. The maximum atomic E-state index is 2.36. The molecule has 84 valence electrons. The molecule has 0 saturated heterocycles. The van der Waals surface area contributed by atoms with Gasteiger partial charge in [0.1, 0.15) is 0 Å². The summed E-state index contributed by atoms with van der Waals surface area (Å²) >= 11 is 0. The lowest BCUT2D eigenvalue weighted by atomic mass is 10.2. The van der Waals surface area contributed by atoms with Crippen molar-refractivity contribution in [3.63, 3.8) is 0 Å². The first-order valence-electron chi connectivity index (χ1n) is 5.55. The minimum absolute atomic E-state index is 0.691. The Kier molecular flexibility index (Phi) is 4.79. The van der Waals surface area contributed by atoms with Gasteiger partial charge < -0.3 is 0 Å². The van der Waals surface area contributed by atoms with Crippen molar-refractivity contribution in [2.75, 3.05) is 20.6 Å². The summed E-state index contributed by atoms with van der Waals surface area (Å²) in [5.74, 6) is 0.691. The Morgan fingerprint density at radius 1 is 1.07 bits per heavy atom. The van der Waals surface area contributed by atoms with Gasteiger partial charge in [-0.3, -0.25) is 0 Å². The maximum Gasteiger partial charge on any atom is 0.0384 e. The number of rotatable bonds is 5. The second-order valence-corrected chi connectivity index (χ2v) is 4.57. The van der Waals surface area contributed by atoms with Crippen molar-refractivity contribution >= 4 is 0 Å². The number of hydrogen-bond donors (Lipinski definition) is 0. The average Bonchev–Trinajstić information content (AvgIpc) is 2.17. The molecule has 0 unspecified atom stereocenters. The van der Waals surface area contributed by atoms with Gasteiger partial charge in [-0.15, -0.1) is 0 Å². The molecule has 0 bridgehead atoms. The highest BCUT2D eigenvalue weighted by Gasteiger charge is 2.09. The van der Waals surface area contributed by atoms with Crippen LogP contribution in [0.5, 0.6) is 0 Å². The van der Waals surface area contributed by atoms with Crippen molar-refractivity contribution in [2.24, 2.45) is 5.92 Å².